The molecule has 1 aromatic heterocycles. The highest BCUT2D eigenvalue weighted by molar-refractivity contribution is 9.10. The molecule has 0 N–H and O–H groups in total. The number of halogens is 4. The highest BCUT2D eigenvalue weighted by Gasteiger charge is 2.31. The Morgan fingerprint density at radius 1 is 1.05 bits per heavy atom. The van der Waals surface area contributed by atoms with Crippen LogP contribution in [0.15, 0.2) is 99.3 Å². The van der Waals surface area contributed by atoms with E-state index in [0.29, 0.717) is 32.6 Å². The summed E-state index contributed by atoms with van der Waals surface area (Å²) >= 11 is 3.44. The van der Waals surface area contributed by atoms with Gasteiger partial charge < -0.3 is 9.47 Å². The lowest BCUT2D eigenvalue weighted by atomic mass is 10.1. The van der Waals surface area contributed by atoms with Crippen LogP contribution in [0.2, 0.25) is 0 Å². The second-order valence-electron chi connectivity index (χ2n) is 9.14. The fraction of sp³-hybridized carbons (Fsp3) is 0.100. The first-order valence-corrected chi connectivity index (χ1v) is 13.3. The third-order valence-electron chi connectivity index (χ3n) is 6.28. The van der Waals surface area contributed by atoms with Crippen LogP contribution in [-0.4, -0.2) is 27.9 Å². The van der Waals surface area contributed by atoms with E-state index in [9.17, 15) is 28.1 Å². The molecule has 0 aliphatic carbocycles. The number of fused-ring (bicyclic) bond motifs is 1. The van der Waals surface area contributed by atoms with E-state index < -0.39 is 22.2 Å². The molecule has 0 aliphatic rings. The topological polar surface area (TPSA) is 109 Å². The Hall–Kier alpha value is -5.04. The number of non-ortho nitro benzene ring substituents is 1. The quantitative estimate of drug-likeness (QED) is 0.0994. The Labute approximate surface area is 250 Å². The van der Waals surface area contributed by atoms with Crippen LogP contribution in [-0.2, 0) is 12.8 Å². The number of ether oxygens (including phenoxy) is 2. The van der Waals surface area contributed by atoms with Crippen LogP contribution in [0, 0.1) is 10.1 Å². The molecule has 4 aromatic carbocycles. The van der Waals surface area contributed by atoms with Gasteiger partial charge in [0.1, 0.15) is 6.61 Å². The molecule has 43 heavy (non-hydrogen) atoms. The summed E-state index contributed by atoms with van der Waals surface area (Å²) in [6.45, 7) is 0.0164. The van der Waals surface area contributed by atoms with E-state index in [1.165, 1.54) is 37.6 Å². The maximum atomic E-state index is 13.5. The van der Waals surface area contributed by atoms with Crippen LogP contribution in [0.5, 0.6) is 11.5 Å². The number of alkyl halides is 3. The van der Waals surface area contributed by atoms with Gasteiger partial charge in [-0.25, -0.2) is 4.98 Å². The Kier molecular flexibility index (Phi) is 8.26. The van der Waals surface area contributed by atoms with Gasteiger partial charge in [-0.3, -0.25) is 14.9 Å². The van der Waals surface area contributed by atoms with Gasteiger partial charge in [-0.2, -0.15) is 22.9 Å². The van der Waals surface area contributed by atoms with Crippen molar-refractivity contribution in [1.29, 1.82) is 0 Å². The summed E-state index contributed by atoms with van der Waals surface area (Å²) in [5.74, 6) is 0.540. The van der Waals surface area contributed by atoms with E-state index in [4.69, 9.17) is 9.47 Å². The summed E-state index contributed by atoms with van der Waals surface area (Å²) in [6.07, 6.45) is -3.25. The molecular weight excluding hydrogens is 633 g/mol. The smallest absolute Gasteiger partial charge is 0.416 e. The fourth-order valence-electron chi connectivity index (χ4n) is 4.25. The zero-order chi connectivity index (χ0) is 30.7. The highest BCUT2D eigenvalue weighted by Crippen LogP contribution is 2.37. The lowest BCUT2D eigenvalue weighted by Crippen LogP contribution is -2.20. The summed E-state index contributed by atoms with van der Waals surface area (Å²) < 4.78 is 53.1. The minimum atomic E-state index is -4.59. The van der Waals surface area contributed by atoms with E-state index >= 15 is 0 Å². The summed E-state index contributed by atoms with van der Waals surface area (Å²) in [5, 5.41) is 15.6. The van der Waals surface area contributed by atoms with Crippen molar-refractivity contribution >= 4 is 38.7 Å². The summed E-state index contributed by atoms with van der Waals surface area (Å²) in [4.78, 5) is 28.5. The number of hydrogen-bond acceptors (Lipinski definition) is 7. The van der Waals surface area contributed by atoms with Crippen molar-refractivity contribution in [2.45, 2.75) is 12.8 Å². The van der Waals surface area contributed by atoms with Crippen molar-refractivity contribution in [3.8, 4) is 22.9 Å². The minimum absolute atomic E-state index is 0.0164. The number of aromatic nitrogens is 2. The van der Waals surface area contributed by atoms with Gasteiger partial charge in [0.15, 0.2) is 17.3 Å². The number of rotatable bonds is 8. The lowest BCUT2D eigenvalue weighted by molar-refractivity contribution is -0.384. The molecule has 9 nitrogen and oxygen atoms in total. The van der Waals surface area contributed by atoms with E-state index in [-0.39, 0.29) is 29.1 Å². The molecule has 0 radical (unpaired) electrons. The molecule has 5 aromatic rings. The van der Waals surface area contributed by atoms with E-state index in [2.05, 4.69) is 26.0 Å². The monoisotopic (exact) mass is 652 g/mol. The molecule has 13 heteroatoms. The minimum Gasteiger partial charge on any atom is -0.493 e. The Balaban J connectivity index is 1.52. The number of nitrogens with zero attached hydrogens (tertiary/aromatic N) is 4. The lowest BCUT2D eigenvalue weighted by Gasteiger charge is -2.14. The molecular formula is C30H20BrF3N4O5. The highest BCUT2D eigenvalue weighted by atomic mass is 79.9. The molecule has 0 fully saturated rings. The third-order valence-corrected chi connectivity index (χ3v) is 6.87. The maximum absolute atomic E-state index is 13.5. The van der Waals surface area contributed by atoms with E-state index in [1.54, 1.807) is 48.5 Å². The number of para-hydroxylation sites is 1. The number of hydrogen-bond donors (Lipinski definition) is 0. The summed E-state index contributed by atoms with van der Waals surface area (Å²) in [6, 6.07) is 20.2. The van der Waals surface area contributed by atoms with Crippen molar-refractivity contribution in [2.75, 3.05) is 7.11 Å². The normalized spacial score (nSPS) is 11.7. The van der Waals surface area contributed by atoms with Gasteiger partial charge in [0.2, 0.25) is 0 Å². The molecule has 218 valence electrons. The van der Waals surface area contributed by atoms with E-state index in [0.717, 1.165) is 16.8 Å². The van der Waals surface area contributed by atoms with Gasteiger partial charge in [0, 0.05) is 17.7 Å². The van der Waals surface area contributed by atoms with Gasteiger partial charge in [-0.1, -0.05) is 36.4 Å². The van der Waals surface area contributed by atoms with Crippen LogP contribution in [0.25, 0.3) is 22.3 Å². The number of nitro groups is 1. The standard InChI is InChI=1S/C30H20BrF3N4O5/c1-42-26-14-19(13-24(31)27(26)43-17-18-6-4-9-22(12-18)38(40)41)16-35-37-28(20-7-5-8-21(15-20)30(32,33)34)36-25-11-3-2-10-23(25)29(37)39/h2-16H,17H2,1H3. The number of nitro benzene ring substituents is 1. The van der Waals surface area contributed by atoms with Crippen LogP contribution in [0.4, 0.5) is 18.9 Å². The average molecular weight is 653 g/mol. The predicted octanol–water partition coefficient (Wildman–Crippen LogP) is 7.22. The Morgan fingerprint density at radius 2 is 1.81 bits per heavy atom. The molecule has 0 bridgehead atoms. The first kappa shape index (κ1) is 29.5. The summed E-state index contributed by atoms with van der Waals surface area (Å²) in [7, 11) is 1.42. The Bertz CT molecular complexity index is 1940. The first-order valence-electron chi connectivity index (χ1n) is 12.5. The van der Waals surface area contributed by atoms with Crippen molar-refractivity contribution in [2.24, 2.45) is 5.10 Å². The van der Waals surface area contributed by atoms with Gasteiger partial charge in [0.25, 0.3) is 11.2 Å². The molecule has 0 aliphatic heterocycles. The van der Waals surface area contributed by atoms with Crippen LogP contribution in [0.1, 0.15) is 16.7 Å². The fourth-order valence-corrected chi connectivity index (χ4v) is 4.82. The van der Waals surface area contributed by atoms with Crippen LogP contribution >= 0.6 is 15.9 Å². The van der Waals surface area contributed by atoms with Crippen molar-refractivity contribution in [3.63, 3.8) is 0 Å². The summed E-state index contributed by atoms with van der Waals surface area (Å²) in [5.41, 5.74) is -0.142. The second kappa shape index (κ2) is 12.1. The number of methoxy groups -OCH3 is 1. The second-order valence-corrected chi connectivity index (χ2v) is 10.00. The zero-order valence-electron chi connectivity index (χ0n) is 22.2. The van der Waals surface area contributed by atoms with Gasteiger partial charge >= 0.3 is 6.18 Å². The maximum Gasteiger partial charge on any atom is 0.416 e. The molecule has 0 spiro atoms. The van der Waals surface area contributed by atoms with Gasteiger partial charge in [-0.15, -0.1) is 0 Å². The Morgan fingerprint density at radius 3 is 2.56 bits per heavy atom. The van der Waals surface area contributed by atoms with Crippen LogP contribution < -0.4 is 15.0 Å². The zero-order valence-corrected chi connectivity index (χ0v) is 23.8. The molecule has 0 saturated heterocycles. The molecule has 1 heterocycles. The van der Waals surface area contributed by atoms with Crippen molar-refractivity contribution in [3.05, 3.63) is 127 Å². The SMILES string of the molecule is COc1cc(C=Nn2c(-c3cccc(C(F)(F)F)c3)nc3ccccc3c2=O)cc(Br)c1OCc1cccc([N+](=O)[O-])c1. The molecule has 0 unspecified atom stereocenters. The van der Waals surface area contributed by atoms with Gasteiger partial charge in [0.05, 0.1) is 39.2 Å². The third kappa shape index (κ3) is 6.41. The predicted molar refractivity (Wildman–Crippen MR) is 158 cm³/mol. The molecule has 0 atom stereocenters. The first-order chi connectivity index (χ1) is 20.5. The average Bonchev–Trinajstić information content (AvgIpc) is 2.99. The molecule has 0 amide bonds. The number of benzene rings is 4. The van der Waals surface area contributed by atoms with Crippen molar-refractivity contribution in [1.82, 2.24) is 9.66 Å². The van der Waals surface area contributed by atoms with Crippen molar-refractivity contribution < 1.29 is 27.6 Å². The van der Waals surface area contributed by atoms with E-state index in [1.807, 2.05) is 0 Å². The van der Waals surface area contributed by atoms with Crippen LogP contribution in [0.3, 0.4) is 0 Å². The molecule has 5 rings (SSSR count). The molecule has 0 saturated carbocycles. The van der Waals surface area contributed by atoms with Gasteiger partial charge in [-0.05, 0) is 63.5 Å². The largest absolute Gasteiger partial charge is 0.493 e.